The lowest BCUT2D eigenvalue weighted by atomic mass is 9.91. The van der Waals surface area contributed by atoms with Crippen LogP contribution in [0, 0.1) is 19.8 Å². The number of thiazole rings is 1. The summed E-state index contributed by atoms with van der Waals surface area (Å²) in [6.07, 6.45) is 2.14. The lowest BCUT2D eigenvalue weighted by molar-refractivity contribution is -0.00477. The predicted molar refractivity (Wildman–Crippen MR) is 84.3 cm³/mol. The first-order valence-corrected chi connectivity index (χ1v) is 8.78. The molecule has 7 heteroatoms. The summed E-state index contributed by atoms with van der Waals surface area (Å²) in [5.41, 5.74) is 1.42. The fourth-order valence-corrected chi connectivity index (χ4v) is 4.27. The van der Waals surface area contributed by atoms with Crippen LogP contribution in [-0.4, -0.2) is 40.1 Å². The first kappa shape index (κ1) is 14.8. The quantitative estimate of drug-likeness (QED) is 0.845. The van der Waals surface area contributed by atoms with Gasteiger partial charge in [-0.25, -0.2) is 4.98 Å². The van der Waals surface area contributed by atoms with E-state index >= 15 is 0 Å². The van der Waals surface area contributed by atoms with Gasteiger partial charge in [-0.15, -0.1) is 11.3 Å². The number of nitrogens with zero attached hydrogens (tertiary/aromatic N) is 3. The van der Waals surface area contributed by atoms with Crippen molar-refractivity contribution in [2.24, 2.45) is 5.92 Å². The van der Waals surface area contributed by atoms with E-state index in [1.165, 1.54) is 0 Å². The average molecular weight is 333 g/mol. The molecule has 0 aliphatic carbocycles. The molecule has 2 aliphatic heterocycles. The maximum atomic E-state index is 12.5. The van der Waals surface area contributed by atoms with Gasteiger partial charge in [0.05, 0.1) is 6.10 Å². The molecule has 6 nitrogen and oxygen atoms in total. The number of rotatable bonds is 2. The minimum absolute atomic E-state index is 0.0718. The van der Waals surface area contributed by atoms with Crippen molar-refractivity contribution in [1.29, 1.82) is 0 Å². The van der Waals surface area contributed by atoms with Crippen molar-refractivity contribution in [1.82, 2.24) is 15.0 Å². The summed E-state index contributed by atoms with van der Waals surface area (Å²) in [5.74, 6) is 1.09. The second-order valence-electron chi connectivity index (χ2n) is 6.35. The molecule has 0 aromatic carbocycles. The van der Waals surface area contributed by atoms with Crippen molar-refractivity contribution in [3.8, 4) is 0 Å². The van der Waals surface area contributed by atoms with Gasteiger partial charge in [0.25, 0.3) is 5.91 Å². The van der Waals surface area contributed by atoms with Gasteiger partial charge < -0.3 is 14.2 Å². The van der Waals surface area contributed by atoms with Crippen molar-refractivity contribution < 1.29 is 14.1 Å². The standard InChI is InChI=1S/C16H19N3O3S/c1-9-8-23-15(17-9)13-6-11-3-4-19(7-14(11)21-13)16(20)12-5-10(2)22-18-12/h5,8,11,13-14H,3-4,6-7H2,1-2H3/t11-,13-,14+/m1/s1. The Morgan fingerprint density at radius 3 is 3.00 bits per heavy atom. The number of hydrogen-bond acceptors (Lipinski definition) is 6. The normalized spacial score (nSPS) is 27.2. The topological polar surface area (TPSA) is 68.5 Å². The van der Waals surface area contributed by atoms with E-state index in [1.807, 2.05) is 11.8 Å². The zero-order valence-corrected chi connectivity index (χ0v) is 14.0. The number of carbonyl (C=O) groups is 1. The SMILES string of the molecule is Cc1csc([C@H]2C[C@H]3CCN(C(=O)c4cc(C)on4)C[C@@H]3O2)n1. The van der Waals surface area contributed by atoms with E-state index in [4.69, 9.17) is 9.26 Å². The molecule has 2 aromatic rings. The summed E-state index contributed by atoms with van der Waals surface area (Å²) in [5, 5.41) is 6.94. The highest BCUT2D eigenvalue weighted by Gasteiger charge is 2.42. The van der Waals surface area contributed by atoms with E-state index in [0.717, 1.165) is 30.1 Å². The zero-order valence-electron chi connectivity index (χ0n) is 13.2. The number of piperidine rings is 1. The van der Waals surface area contributed by atoms with Crippen LogP contribution in [0.4, 0.5) is 0 Å². The molecule has 122 valence electrons. The molecule has 2 fully saturated rings. The highest BCUT2D eigenvalue weighted by atomic mass is 32.1. The van der Waals surface area contributed by atoms with Gasteiger partial charge in [-0.2, -0.15) is 0 Å². The molecule has 0 N–H and O–H groups in total. The van der Waals surface area contributed by atoms with Crippen molar-refractivity contribution in [2.45, 2.75) is 38.9 Å². The number of aryl methyl sites for hydroxylation is 2. The Morgan fingerprint density at radius 1 is 1.43 bits per heavy atom. The molecule has 0 saturated carbocycles. The summed E-state index contributed by atoms with van der Waals surface area (Å²) in [6, 6.07) is 1.69. The molecule has 0 unspecified atom stereocenters. The molecule has 2 aliphatic rings. The van der Waals surface area contributed by atoms with Crippen LogP contribution in [0.25, 0.3) is 0 Å². The van der Waals surface area contributed by atoms with E-state index < -0.39 is 0 Å². The molecule has 1 amide bonds. The summed E-state index contributed by atoms with van der Waals surface area (Å²) >= 11 is 1.66. The largest absolute Gasteiger partial charge is 0.366 e. The van der Waals surface area contributed by atoms with E-state index in [0.29, 0.717) is 23.9 Å². The van der Waals surface area contributed by atoms with Gasteiger partial charge in [0.2, 0.25) is 0 Å². The van der Waals surface area contributed by atoms with E-state index in [9.17, 15) is 4.79 Å². The Bertz CT molecular complexity index is 726. The van der Waals surface area contributed by atoms with Crippen LogP contribution >= 0.6 is 11.3 Å². The number of likely N-dealkylation sites (tertiary alicyclic amines) is 1. The van der Waals surface area contributed by atoms with Crippen molar-refractivity contribution >= 4 is 17.2 Å². The third-order valence-corrected chi connectivity index (χ3v) is 5.65. The molecule has 2 saturated heterocycles. The van der Waals surface area contributed by atoms with Crippen LogP contribution < -0.4 is 0 Å². The Hall–Kier alpha value is -1.73. The van der Waals surface area contributed by atoms with Crippen molar-refractivity contribution in [3.63, 3.8) is 0 Å². The van der Waals surface area contributed by atoms with E-state index in [1.54, 1.807) is 24.3 Å². The van der Waals surface area contributed by atoms with Gasteiger partial charge in [0.15, 0.2) is 5.69 Å². The zero-order chi connectivity index (χ0) is 16.0. The lowest BCUT2D eigenvalue weighted by Gasteiger charge is -2.33. The molecule has 4 rings (SSSR count). The highest BCUT2D eigenvalue weighted by Crippen LogP contribution is 2.41. The van der Waals surface area contributed by atoms with Gasteiger partial charge in [0, 0.05) is 30.2 Å². The fourth-order valence-electron chi connectivity index (χ4n) is 3.42. The van der Waals surface area contributed by atoms with Crippen LogP contribution in [0.2, 0.25) is 0 Å². The summed E-state index contributed by atoms with van der Waals surface area (Å²) < 4.78 is 11.2. The number of aromatic nitrogens is 2. The average Bonchev–Trinajstić information content (AvgIpc) is 3.24. The van der Waals surface area contributed by atoms with Crippen LogP contribution in [0.15, 0.2) is 16.0 Å². The van der Waals surface area contributed by atoms with Gasteiger partial charge in [0.1, 0.15) is 16.9 Å². The third kappa shape index (κ3) is 2.79. The number of ether oxygens (including phenoxy) is 1. The molecule has 4 heterocycles. The predicted octanol–water partition coefficient (Wildman–Crippen LogP) is 2.74. The summed E-state index contributed by atoms with van der Waals surface area (Å²) in [6.45, 7) is 5.16. The summed E-state index contributed by atoms with van der Waals surface area (Å²) in [4.78, 5) is 18.9. The van der Waals surface area contributed by atoms with Gasteiger partial charge in [-0.05, 0) is 32.6 Å². The highest BCUT2D eigenvalue weighted by molar-refractivity contribution is 7.09. The van der Waals surface area contributed by atoms with Gasteiger partial charge in [-0.3, -0.25) is 4.79 Å². The Labute approximate surface area is 138 Å². The van der Waals surface area contributed by atoms with Crippen LogP contribution in [-0.2, 0) is 4.74 Å². The number of carbonyl (C=O) groups excluding carboxylic acids is 1. The molecule has 0 bridgehead atoms. The van der Waals surface area contributed by atoms with Crippen LogP contribution in [0.1, 0.15) is 45.9 Å². The fraction of sp³-hybridized carbons (Fsp3) is 0.562. The number of hydrogen-bond donors (Lipinski definition) is 0. The van der Waals surface area contributed by atoms with E-state index in [-0.39, 0.29) is 18.1 Å². The third-order valence-electron chi connectivity index (χ3n) is 4.60. The van der Waals surface area contributed by atoms with E-state index in [2.05, 4.69) is 15.5 Å². The first-order chi connectivity index (χ1) is 11.1. The molecular weight excluding hydrogens is 314 g/mol. The van der Waals surface area contributed by atoms with Gasteiger partial charge >= 0.3 is 0 Å². The molecule has 0 spiro atoms. The minimum Gasteiger partial charge on any atom is -0.366 e. The Kier molecular flexibility index (Phi) is 3.69. The molecular formula is C16H19N3O3S. The molecule has 0 radical (unpaired) electrons. The summed E-state index contributed by atoms with van der Waals surface area (Å²) in [7, 11) is 0. The number of fused-ring (bicyclic) bond motifs is 1. The molecule has 3 atom stereocenters. The maximum absolute atomic E-state index is 12.5. The second kappa shape index (κ2) is 5.72. The lowest BCUT2D eigenvalue weighted by Crippen LogP contribution is -2.45. The second-order valence-corrected chi connectivity index (χ2v) is 7.24. The van der Waals surface area contributed by atoms with Crippen LogP contribution in [0.3, 0.4) is 0 Å². The van der Waals surface area contributed by atoms with Crippen molar-refractivity contribution in [3.05, 3.63) is 33.6 Å². The smallest absolute Gasteiger partial charge is 0.276 e. The first-order valence-electron chi connectivity index (χ1n) is 7.90. The van der Waals surface area contributed by atoms with Crippen molar-refractivity contribution in [2.75, 3.05) is 13.1 Å². The molecule has 23 heavy (non-hydrogen) atoms. The number of amides is 1. The molecule has 2 aromatic heterocycles. The monoisotopic (exact) mass is 333 g/mol. The Morgan fingerprint density at radius 2 is 2.30 bits per heavy atom. The maximum Gasteiger partial charge on any atom is 0.276 e. The van der Waals surface area contributed by atoms with Gasteiger partial charge in [-0.1, -0.05) is 5.16 Å². The minimum atomic E-state index is -0.0718. The van der Waals surface area contributed by atoms with Crippen LogP contribution in [0.5, 0.6) is 0 Å². The Balaban J connectivity index is 1.44.